The second kappa shape index (κ2) is 24.7. The number of amides is 4. The lowest BCUT2D eigenvalue weighted by Gasteiger charge is -2.41. The number of fused-ring (bicyclic) bond motifs is 1. The van der Waals surface area contributed by atoms with Crippen LogP contribution in [-0.2, 0) is 47.1 Å². The molecule has 0 saturated carbocycles. The molecule has 0 bridgehead atoms. The number of carbonyl (C=O) groups is 3. The Kier molecular flexibility index (Phi) is 21.3. The van der Waals surface area contributed by atoms with Crippen LogP contribution in [0.2, 0.25) is 0 Å². The summed E-state index contributed by atoms with van der Waals surface area (Å²) in [4.78, 5) is 53.3. The number of carbonyl (C=O) groups excluding carboxylic acids is 3. The fourth-order valence-electron chi connectivity index (χ4n) is 5.62. The van der Waals surface area contributed by atoms with E-state index in [-0.39, 0.29) is 62.7 Å². The Labute approximate surface area is 311 Å². The van der Waals surface area contributed by atoms with E-state index in [2.05, 4.69) is 25.8 Å². The highest BCUT2D eigenvalue weighted by Gasteiger charge is 2.49. The van der Waals surface area contributed by atoms with Gasteiger partial charge in [-0.25, -0.2) is 9.36 Å². The van der Waals surface area contributed by atoms with E-state index in [9.17, 15) is 39.4 Å². The van der Waals surface area contributed by atoms with Gasteiger partial charge in [-0.3, -0.25) is 14.1 Å². The molecular weight excluding hydrogens is 751 g/mol. The zero-order chi connectivity index (χ0) is 38.6. The van der Waals surface area contributed by atoms with E-state index < -0.39 is 51.2 Å². The first kappa shape index (κ1) is 45.7. The van der Waals surface area contributed by atoms with Gasteiger partial charge in [-0.15, -0.1) is 0 Å². The van der Waals surface area contributed by atoms with Crippen LogP contribution in [0.4, 0.5) is 4.79 Å². The van der Waals surface area contributed by atoms with Crippen LogP contribution in [0.5, 0.6) is 0 Å². The molecule has 3 aliphatic heterocycles. The van der Waals surface area contributed by atoms with Crippen LogP contribution in [0.1, 0.15) is 32.1 Å². The lowest BCUT2D eigenvalue weighted by atomic mass is 9.96. The van der Waals surface area contributed by atoms with Crippen molar-refractivity contribution in [1.29, 1.82) is 0 Å². The van der Waals surface area contributed by atoms with Gasteiger partial charge in [0.25, 0.3) is 0 Å². The smallest absolute Gasteiger partial charge is 0.388 e. The van der Waals surface area contributed by atoms with Crippen molar-refractivity contribution in [3.05, 3.63) is 0 Å². The van der Waals surface area contributed by atoms with Gasteiger partial charge in [0.2, 0.25) is 11.8 Å². The van der Waals surface area contributed by atoms with E-state index in [1.807, 2.05) is 11.8 Å². The molecule has 0 aliphatic carbocycles. The normalized spacial score (nSPS) is 27.5. The number of phosphoric acid groups is 1. The first-order chi connectivity index (χ1) is 25.4. The van der Waals surface area contributed by atoms with Gasteiger partial charge < -0.3 is 79.9 Å². The number of nitrogens with one attached hydrogen (secondary N) is 4. The molecule has 3 rings (SSSR count). The number of urea groups is 1. The van der Waals surface area contributed by atoms with Gasteiger partial charge in [0.15, 0.2) is 6.29 Å². The van der Waals surface area contributed by atoms with E-state index in [1.165, 1.54) is 0 Å². The Morgan fingerprint density at radius 1 is 0.811 bits per heavy atom. The minimum absolute atomic E-state index is 0.00134. The van der Waals surface area contributed by atoms with Crippen molar-refractivity contribution in [1.82, 2.24) is 21.3 Å². The van der Waals surface area contributed by atoms with Crippen LogP contribution in [0.15, 0.2) is 0 Å². The van der Waals surface area contributed by atoms with E-state index in [0.717, 1.165) is 25.0 Å². The number of unbranched alkanes of at least 4 members (excludes halogenated alkanes) is 1. The number of phosphoric ester groups is 1. The summed E-state index contributed by atoms with van der Waals surface area (Å²) >= 11 is 1.87. The van der Waals surface area contributed by atoms with Crippen molar-refractivity contribution in [3.63, 3.8) is 0 Å². The molecule has 6 unspecified atom stereocenters. The molecule has 23 heteroatoms. The van der Waals surface area contributed by atoms with Crippen molar-refractivity contribution in [3.8, 4) is 0 Å². The van der Waals surface area contributed by atoms with Crippen LogP contribution < -0.4 is 21.3 Å². The van der Waals surface area contributed by atoms with Crippen molar-refractivity contribution >= 4 is 37.4 Å². The van der Waals surface area contributed by atoms with E-state index in [1.54, 1.807) is 0 Å². The Morgan fingerprint density at radius 3 is 2.04 bits per heavy atom. The lowest BCUT2D eigenvalue weighted by Crippen LogP contribution is -2.61. The van der Waals surface area contributed by atoms with E-state index in [0.29, 0.717) is 57.9 Å². The summed E-state index contributed by atoms with van der Waals surface area (Å²) in [5, 5.41) is 51.8. The lowest BCUT2D eigenvalue weighted by molar-refractivity contribution is -0.293. The average molecular weight is 807 g/mol. The quantitative estimate of drug-likeness (QED) is 0.0210. The van der Waals surface area contributed by atoms with Gasteiger partial charge in [-0.1, -0.05) is 6.42 Å². The highest BCUT2D eigenvalue weighted by Crippen LogP contribution is 2.41. The number of aliphatic hydroxyl groups is 4. The zero-order valence-electron chi connectivity index (χ0n) is 29.5. The van der Waals surface area contributed by atoms with Crippen LogP contribution in [0, 0.1) is 0 Å². The Balaban J connectivity index is 1.03. The van der Waals surface area contributed by atoms with Crippen molar-refractivity contribution < 1.29 is 82.1 Å². The molecule has 4 amide bonds. The van der Waals surface area contributed by atoms with Crippen LogP contribution in [-0.4, -0.2) is 187 Å². The van der Waals surface area contributed by atoms with Crippen LogP contribution in [0.3, 0.4) is 0 Å². The second-order valence-corrected chi connectivity index (χ2v) is 14.9. The standard InChI is InChI=1S/C30H55N4O17PS/c35-20(28-26(39)25(38)27(40)29(50-28)51-52(42,43)44)17-49-10-7-32-23(37)5-8-45-11-13-47-15-16-48-14-12-46-9-6-31-22(36)4-2-1-3-21-24-19(18-53-21)33-30(41)34-24/h19-21,24-29,35,38-40H,1-18H2,(H,31,36)(H,32,37)(H2,33,34,41)(H2,42,43,44)/t19?,20-,21?,24?,25?,26+,27?,28?,29+/m1/s1. The van der Waals surface area contributed by atoms with Crippen LogP contribution >= 0.6 is 19.6 Å². The molecule has 21 nitrogen and oxygen atoms in total. The van der Waals surface area contributed by atoms with Crippen molar-refractivity contribution in [2.75, 3.05) is 84.9 Å². The first-order valence-corrected chi connectivity index (χ1v) is 20.2. The molecule has 3 fully saturated rings. The van der Waals surface area contributed by atoms with Gasteiger partial charge in [-0.05, 0) is 12.8 Å². The van der Waals surface area contributed by atoms with Gasteiger partial charge >= 0.3 is 13.9 Å². The summed E-state index contributed by atoms with van der Waals surface area (Å²) in [6, 6.07) is 0.324. The number of aliphatic hydroxyl groups excluding tert-OH is 4. The first-order valence-electron chi connectivity index (χ1n) is 17.6. The average Bonchev–Trinajstić information content (AvgIpc) is 3.66. The minimum Gasteiger partial charge on any atom is -0.388 e. The third-order valence-electron chi connectivity index (χ3n) is 8.32. The van der Waals surface area contributed by atoms with E-state index >= 15 is 0 Å². The fourth-order valence-corrected chi connectivity index (χ4v) is 7.60. The molecule has 0 aromatic heterocycles. The Hall–Kier alpha value is -1.73. The highest BCUT2D eigenvalue weighted by molar-refractivity contribution is 8.00. The fraction of sp³-hybridized carbons (Fsp3) is 0.900. The van der Waals surface area contributed by atoms with Crippen molar-refractivity contribution in [2.24, 2.45) is 0 Å². The molecule has 9 atom stereocenters. The molecular formula is C30H55N4O17PS. The monoisotopic (exact) mass is 806 g/mol. The molecule has 0 radical (unpaired) electrons. The summed E-state index contributed by atoms with van der Waals surface area (Å²) in [7, 11) is -5.11. The summed E-state index contributed by atoms with van der Waals surface area (Å²) in [6.07, 6.45) is -7.60. The predicted molar refractivity (Wildman–Crippen MR) is 185 cm³/mol. The summed E-state index contributed by atoms with van der Waals surface area (Å²) in [5.74, 6) is 0.622. The van der Waals surface area contributed by atoms with E-state index in [4.69, 9.17) is 38.2 Å². The van der Waals surface area contributed by atoms with Gasteiger partial charge in [0.1, 0.15) is 30.5 Å². The topological polar surface area (TPSA) is 302 Å². The SMILES string of the molecule is O=C(CCCCC1SCC2NC(=O)NC21)NCCOCCOCCOCCOCCC(=O)NCCOC[C@@H](O)C1O[C@@H](OP(=O)(O)O)C(O)C(O)[C@@H]1O. The highest BCUT2D eigenvalue weighted by atomic mass is 32.2. The summed E-state index contributed by atoms with van der Waals surface area (Å²) < 4.78 is 47.3. The maximum Gasteiger partial charge on any atom is 0.472 e. The largest absolute Gasteiger partial charge is 0.472 e. The Bertz CT molecular complexity index is 1140. The third kappa shape index (κ3) is 17.7. The molecule has 53 heavy (non-hydrogen) atoms. The summed E-state index contributed by atoms with van der Waals surface area (Å²) in [6.45, 7) is 2.69. The summed E-state index contributed by atoms with van der Waals surface area (Å²) in [5.41, 5.74) is 0. The number of rotatable bonds is 28. The second-order valence-electron chi connectivity index (χ2n) is 12.4. The van der Waals surface area contributed by atoms with Gasteiger partial charge in [0, 0.05) is 36.9 Å². The molecule has 3 heterocycles. The van der Waals surface area contributed by atoms with Gasteiger partial charge in [-0.2, -0.15) is 11.8 Å². The molecule has 0 aromatic carbocycles. The third-order valence-corrected chi connectivity index (χ3v) is 10.3. The Morgan fingerprint density at radius 2 is 1.40 bits per heavy atom. The molecule has 10 N–H and O–H groups in total. The van der Waals surface area contributed by atoms with Crippen molar-refractivity contribution in [2.45, 2.75) is 86.2 Å². The number of ether oxygens (including phenoxy) is 6. The molecule has 3 saturated heterocycles. The van der Waals surface area contributed by atoms with Gasteiger partial charge in [0.05, 0.1) is 78.2 Å². The molecule has 0 spiro atoms. The number of hydrogen-bond acceptors (Lipinski definition) is 16. The minimum atomic E-state index is -5.11. The number of thioether (sulfide) groups is 1. The van der Waals surface area contributed by atoms with Crippen LogP contribution in [0.25, 0.3) is 0 Å². The molecule has 308 valence electrons. The number of hydrogen-bond donors (Lipinski definition) is 10. The maximum atomic E-state index is 12.0. The maximum absolute atomic E-state index is 12.0. The zero-order valence-corrected chi connectivity index (χ0v) is 31.2. The molecule has 0 aromatic rings. The molecule has 3 aliphatic rings. The predicted octanol–water partition coefficient (Wildman–Crippen LogP) is -3.30.